The summed E-state index contributed by atoms with van der Waals surface area (Å²) >= 11 is 6.35. The van der Waals surface area contributed by atoms with Crippen LogP contribution in [0.15, 0.2) is 36.4 Å². The summed E-state index contributed by atoms with van der Waals surface area (Å²) in [6.45, 7) is 9.66. The van der Waals surface area contributed by atoms with E-state index in [1.807, 2.05) is 12.1 Å². The molecule has 2 bridgehead atoms. The monoisotopic (exact) mass is 438 g/mol. The second kappa shape index (κ2) is 7.83. The zero-order chi connectivity index (χ0) is 21.8. The number of ether oxygens (including phenoxy) is 1. The topological polar surface area (TPSA) is 41.6 Å². The molecule has 1 amide bonds. The maximum atomic E-state index is 12.8. The second-order valence-electron chi connectivity index (χ2n) is 10.2. The lowest BCUT2D eigenvalue weighted by Gasteiger charge is -2.44. The highest BCUT2D eigenvalue weighted by Gasteiger charge is 2.42. The molecule has 164 valence electrons. The van der Waals surface area contributed by atoms with E-state index < -0.39 is 0 Å². The molecule has 0 radical (unpaired) electrons. The van der Waals surface area contributed by atoms with Gasteiger partial charge in [0, 0.05) is 11.6 Å². The summed E-state index contributed by atoms with van der Waals surface area (Å²) in [6.07, 6.45) is 2.95. The van der Waals surface area contributed by atoms with Crippen LogP contribution >= 0.6 is 11.6 Å². The predicted octanol–water partition coefficient (Wildman–Crippen LogP) is 5.76. The fourth-order valence-corrected chi connectivity index (χ4v) is 5.92. The Balaban J connectivity index is 1.35. The van der Waals surface area contributed by atoms with Gasteiger partial charge in [0.15, 0.2) is 0 Å². The van der Waals surface area contributed by atoms with Gasteiger partial charge < -0.3 is 10.1 Å². The van der Waals surface area contributed by atoms with Crippen LogP contribution in [-0.4, -0.2) is 36.7 Å². The molecule has 0 saturated carbocycles. The molecule has 1 N–H and O–H groups in total. The first kappa shape index (κ1) is 20.8. The van der Waals surface area contributed by atoms with Crippen LogP contribution < -0.4 is 5.32 Å². The van der Waals surface area contributed by atoms with Gasteiger partial charge in [-0.3, -0.25) is 4.90 Å². The van der Waals surface area contributed by atoms with Gasteiger partial charge in [0.1, 0.15) is 6.10 Å². The Morgan fingerprint density at radius 2 is 1.97 bits per heavy atom. The van der Waals surface area contributed by atoms with E-state index in [9.17, 15) is 4.79 Å². The van der Waals surface area contributed by atoms with Crippen LogP contribution in [0.5, 0.6) is 0 Å². The Bertz CT molecular complexity index is 1010. The summed E-state index contributed by atoms with van der Waals surface area (Å²) < 4.78 is 5.91. The SMILES string of the molecule is Cc1c(Cl)cccc1-c1ccc2c(c1)CC(C)(C)C2NC(=O)O[C@H]1CN2CCC1CC2. The molecule has 2 aromatic carbocycles. The number of carbonyl (C=O) groups excluding carboxylic acids is 1. The zero-order valence-electron chi connectivity index (χ0n) is 18.6. The van der Waals surface area contributed by atoms with Gasteiger partial charge in [-0.1, -0.05) is 55.8 Å². The van der Waals surface area contributed by atoms with E-state index in [1.165, 1.54) is 16.7 Å². The third-order valence-corrected chi connectivity index (χ3v) is 7.99. The van der Waals surface area contributed by atoms with Crippen molar-refractivity contribution in [1.82, 2.24) is 10.2 Å². The van der Waals surface area contributed by atoms with Crippen molar-refractivity contribution < 1.29 is 9.53 Å². The van der Waals surface area contributed by atoms with Crippen molar-refractivity contribution in [1.29, 1.82) is 0 Å². The van der Waals surface area contributed by atoms with E-state index in [4.69, 9.17) is 16.3 Å². The normalized spacial score (nSPS) is 28.3. The molecule has 3 heterocycles. The van der Waals surface area contributed by atoms with Gasteiger partial charge in [-0.15, -0.1) is 0 Å². The van der Waals surface area contributed by atoms with Gasteiger partial charge >= 0.3 is 6.09 Å². The van der Waals surface area contributed by atoms with Crippen LogP contribution in [0, 0.1) is 18.3 Å². The van der Waals surface area contributed by atoms with Crippen molar-refractivity contribution in [3.05, 3.63) is 58.1 Å². The quantitative estimate of drug-likeness (QED) is 0.662. The minimum atomic E-state index is -0.278. The molecule has 6 rings (SSSR count). The van der Waals surface area contributed by atoms with E-state index in [0.29, 0.717) is 5.92 Å². The molecular weight excluding hydrogens is 408 g/mol. The first-order valence-electron chi connectivity index (χ1n) is 11.4. The Kier molecular flexibility index (Phi) is 5.26. The standard InChI is InChI=1S/C26H31ClN2O2/c1-16-20(5-4-6-22(16)27)18-7-8-21-19(13-18)14-26(2,3)24(21)28-25(30)31-23-15-29-11-9-17(23)10-12-29/h4-8,13,17,23-24H,9-12,14-15H2,1-3H3,(H,28,30)/t23-,24?/m0/s1. The summed E-state index contributed by atoms with van der Waals surface area (Å²) in [7, 11) is 0. The maximum Gasteiger partial charge on any atom is 0.407 e. The van der Waals surface area contributed by atoms with E-state index in [0.717, 1.165) is 55.0 Å². The predicted molar refractivity (Wildman–Crippen MR) is 124 cm³/mol. The molecule has 2 aromatic rings. The smallest absolute Gasteiger partial charge is 0.407 e. The number of nitrogens with zero attached hydrogens (tertiary/aromatic N) is 1. The Morgan fingerprint density at radius 3 is 2.68 bits per heavy atom. The summed E-state index contributed by atoms with van der Waals surface area (Å²) in [5, 5.41) is 4.00. The van der Waals surface area contributed by atoms with Crippen molar-refractivity contribution in [3.8, 4) is 11.1 Å². The number of amides is 1. The molecule has 4 aliphatic rings. The molecule has 0 aromatic heterocycles. The van der Waals surface area contributed by atoms with Crippen LogP contribution in [0.1, 0.15) is 49.4 Å². The van der Waals surface area contributed by atoms with E-state index >= 15 is 0 Å². The molecular formula is C26H31ClN2O2. The van der Waals surface area contributed by atoms with Crippen molar-refractivity contribution in [3.63, 3.8) is 0 Å². The molecule has 3 saturated heterocycles. The van der Waals surface area contributed by atoms with Crippen molar-refractivity contribution in [2.24, 2.45) is 11.3 Å². The summed E-state index contributed by atoms with van der Waals surface area (Å²) in [5.74, 6) is 0.517. The lowest BCUT2D eigenvalue weighted by Crippen LogP contribution is -2.53. The number of halogens is 1. The van der Waals surface area contributed by atoms with Crippen LogP contribution in [0.3, 0.4) is 0 Å². The van der Waals surface area contributed by atoms with Gasteiger partial charge in [-0.2, -0.15) is 0 Å². The zero-order valence-corrected chi connectivity index (χ0v) is 19.3. The molecule has 4 nitrogen and oxygen atoms in total. The number of benzene rings is 2. The van der Waals surface area contributed by atoms with Crippen LogP contribution in [0.2, 0.25) is 5.02 Å². The summed E-state index contributed by atoms with van der Waals surface area (Å²) in [5.41, 5.74) is 5.83. The third-order valence-electron chi connectivity index (χ3n) is 7.58. The third kappa shape index (κ3) is 3.85. The Hall–Kier alpha value is -2.04. The van der Waals surface area contributed by atoms with Crippen LogP contribution in [0.25, 0.3) is 11.1 Å². The largest absolute Gasteiger partial charge is 0.445 e. The Morgan fingerprint density at radius 1 is 1.19 bits per heavy atom. The molecule has 1 unspecified atom stereocenters. The molecule has 0 spiro atoms. The number of nitrogens with one attached hydrogen (secondary N) is 1. The number of carbonyl (C=O) groups is 1. The molecule has 2 atom stereocenters. The van der Waals surface area contributed by atoms with Crippen molar-refractivity contribution in [2.75, 3.05) is 19.6 Å². The number of alkyl carbamates (subject to hydrolysis) is 1. The van der Waals surface area contributed by atoms with Gasteiger partial charge in [-0.05, 0) is 84.5 Å². The van der Waals surface area contributed by atoms with Crippen molar-refractivity contribution >= 4 is 17.7 Å². The maximum absolute atomic E-state index is 12.8. The average molecular weight is 439 g/mol. The van der Waals surface area contributed by atoms with Gasteiger partial charge in [-0.25, -0.2) is 4.79 Å². The fourth-order valence-electron chi connectivity index (χ4n) is 5.75. The highest BCUT2D eigenvalue weighted by molar-refractivity contribution is 6.31. The molecule has 1 aliphatic carbocycles. The minimum absolute atomic E-state index is 0.0275. The minimum Gasteiger partial charge on any atom is -0.445 e. The lowest BCUT2D eigenvalue weighted by atomic mass is 9.85. The van der Waals surface area contributed by atoms with Gasteiger partial charge in [0.2, 0.25) is 0 Å². The number of fused-ring (bicyclic) bond motifs is 4. The molecule has 3 aliphatic heterocycles. The first-order chi connectivity index (χ1) is 14.8. The van der Waals surface area contributed by atoms with E-state index in [1.54, 1.807) is 0 Å². The first-order valence-corrected chi connectivity index (χ1v) is 11.8. The van der Waals surface area contributed by atoms with Gasteiger partial charge in [0.05, 0.1) is 6.04 Å². The van der Waals surface area contributed by atoms with Crippen LogP contribution in [0.4, 0.5) is 4.79 Å². The number of hydrogen-bond acceptors (Lipinski definition) is 3. The summed E-state index contributed by atoms with van der Waals surface area (Å²) in [4.78, 5) is 15.3. The van der Waals surface area contributed by atoms with E-state index in [2.05, 4.69) is 55.3 Å². The number of rotatable bonds is 3. The lowest BCUT2D eigenvalue weighted by molar-refractivity contribution is -0.0348. The fraction of sp³-hybridized carbons (Fsp3) is 0.500. The van der Waals surface area contributed by atoms with Gasteiger partial charge in [0.25, 0.3) is 0 Å². The highest BCUT2D eigenvalue weighted by Crippen LogP contribution is 2.46. The van der Waals surface area contributed by atoms with E-state index in [-0.39, 0.29) is 23.7 Å². The second-order valence-corrected chi connectivity index (χ2v) is 10.6. The molecule has 31 heavy (non-hydrogen) atoms. The highest BCUT2D eigenvalue weighted by atomic mass is 35.5. The number of hydrogen-bond donors (Lipinski definition) is 1. The Labute approximate surface area is 189 Å². The molecule has 5 heteroatoms. The van der Waals surface area contributed by atoms with Crippen molar-refractivity contribution in [2.45, 2.75) is 52.2 Å². The number of piperidine rings is 3. The molecule has 3 fully saturated rings. The summed E-state index contributed by atoms with van der Waals surface area (Å²) in [6, 6.07) is 12.6. The average Bonchev–Trinajstić information content (AvgIpc) is 2.99. The van der Waals surface area contributed by atoms with Crippen LogP contribution in [-0.2, 0) is 11.2 Å².